The lowest BCUT2D eigenvalue weighted by molar-refractivity contribution is -0.213. The summed E-state index contributed by atoms with van der Waals surface area (Å²) in [7, 11) is 0. The van der Waals surface area contributed by atoms with Crippen molar-refractivity contribution in [1.29, 1.82) is 0 Å². The van der Waals surface area contributed by atoms with E-state index in [9.17, 15) is 18.0 Å². The molecule has 72 valence electrons. The Kier molecular flexibility index (Phi) is 3.47. The van der Waals surface area contributed by atoms with Crippen molar-refractivity contribution in [3.8, 4) is 0 Å². The van der Waals surface area contributed by atoms with Crippen LogP contribution in [-0.2, 0) is 4.79 Å². The Labute approximate surface area is 66.7 Å². The summed E-state index contributed by atoms with van der Waals surface area (Å²) in [6.45, 7) is -0.519. The van der Waals surface area contributed by atoms with Gasteiger partial charge in [0.15, 0.2) is 0 Å². The van der Waals surface area contributed by atoms with E-state index in [-0.39, 0.29) is 0 Å². The van der Waals surface area contributed by atoms with Gasteiger partial charge in [0.2, 0.25) is 0 Å². The summed E-state index contributed by atoms with van der Waals surface area (Å²) >= 11 is 0. The number of carbonyl (C=O) groups excluding carboxylic acids is 1. The smallest absolute Gasteiger partial charge is 0.320 e. The summed E-state index contributed by atoms with van der Waals surface area (Å²) < 4.78 is 34.6. The Morgan fingerprint density at radius 1 is 1.67 bits per heavy atom. The van der Waals surface area contributed by atoms with E-state index in [1.807, 2.05) is 0 Å². The van der Waals surface area contributed by atoms with Crippen molar-refractivity contribution in [1.82, 2.24) is 5.06 Å². The predicted molar refractivity (Wildman–Crippen MR) is 33.2 cm³/mol. The molecule has 0 aromatic rings. The van der Waals surface area contributed by atoms with Gasteiger partial charge in [-0.15, -0.1) is 0 Å². The van der Waals surface area contributed by atoms with Crippen molar-refractivity contribution >= 4 is 5.91 Å². The van der Waals surface area contributed by atoms with E-state index in [1.54, 1.807) is 0 Å². The van der Waals surface area contributed by atoms with Gasteiger partial charge in [-0.3, -0.25) is 10.0 Å². The quantitative estimate of drug-likeness (QED) is 0.475. The SMILES string of the molecule is CC(N)C(=O)N(O)CC(F)(F)F. The Balaban J connectivity index is 4.05. The number of nitrogens with zero attached hydrogens (tertiary/aromatic N) is 1. The van der Waals surface area contributed by atoms with Gasteiger partial charge < -0.3 is 5.73 Å². The fraction of sp³-hybridized carbons (Fsp3) is 0.800. The van der Waals surface area contributed by atoms with Crippen LogP contribution in [-0.4, -0.2) is 34.9 Å². The van der Waals surface area contributed by atoms with Crippen molar-refractivity contribution in [2.75, 3.05) is 6.54 Å². The Morgan fingerprint density at radius 2 is 2.08 bits per heavy atom. The maximum atomic E-state index is 11.5. The van der Waals surface area contributed by atoms with Crippen LogP contribution in [0.15, 0.2) is 0 Å². The molecule has 0 saturated carbocycles. The molecule has 4 nitrogen and oxygen atoms in total. The number of alkyl halides is 3. The second kappa shape index (κ2) is 3.72. The number of rotatable bonds is 2. The van der Waals surface area contributed by atoms with E-state index in [0.29, 0.717) is 0 Å². The molecule has 0 rings (SSSR count). The first-order valence-corrected chi connectivity index (χ1v) is 3.06. The van der Waals surface area contributed by atoms with Crippen LogP contribution in [0, 0.1) is 0 Å². The molecular formula is C5H9F3N2O2. The highest BCUT2D eigenvalue weighted by Crippen LogP contribution is 2.15. The van der Waals surface area contributed by atoms with Crippen molar-refractivity contribution in [2.24, 2.45) is 5.73 Å². The minimum absolute atomic E-state index is 0.440. The van der Waals surface area contributed by atoms with Crippen molar-refractivity contribution in [3.63, 3.8) is 0 Å². The monoisotopic (exact) mass is 186 g/mol. The molecule has 12 heavy (non-hydrogen) atoms. The first kappa shape index (κ1) is 11.2. The number of hydroxylamine groups is 2. The van der Waals surface area contributed by atoms with Gasteiger partial charge in [0, 0.05) is 0 Å². The van der Waals surface area contributed by atoms with Crippen LogP contribution < -0.4 is 5.73 Å². The summed E-state index contributed by atoms with van der Waals surface area (Å²) in [5.74, 6) is -1.16. The fourth-order valence-corrected chi connectivity index (χ4v) is 0.483. The summed E-state index contributed by atoms with van der Waals surface area (Å²) in [5.41, 5.74) is 4.94. The lowest BCUT2D eigenvalue weighted by Gasteiger charge is -2.18. The molecule has 0 aliphatic rings. The largest absolute Gasteiger partial charge is 0.408 e. The third-order valence-corrected chi connectivity index (χ3v) is 0.973. The highest BCUT2D eigenvalue weighted by atomic mass is 19.4. The summed E-state index contributed by atoms with van der Waals surface area (Å²) in [6.07, 6.45) is -4.61. The first-order valence-electron chi connectivity index (χ1n) is 3.06. The minimum Gasteiger partial charge on any atom is -0.320 e. The summed E-state index contributed by atoms with van der Waals surface area (Å²) in [6, 6.07) is -1.14. The lowest BCUT2D eigenvalue weighted by Crippen LogP contribution is -2.44. The van der Waals surface area contributed by atoms with E-state index < -0.39 is 29.7 Å². The zero-order valence-corrected chi connectivity index (χ0v) is 6.30. The maximum absolute atomic E-state index is 11.5. The third kappa shape index (κ3) is 4.14. The van der Waals surface area contributed by atoms with Crippen LogP contribution in [0.25, 0.3) is 0 Å². The lowest BCUT2D eigenvalue weighted by atomic mass is 10.3. The van der Waals surface area contributed by atoms with Crippen LogP contribution in [0.1, 0.15) is 6.92 Å². The number of nitrogens with two attached hydrogens (primary N) is 1. The number of hydrogen-bond acceptors (Lipinski definition) is 3. The molecular weight excluding hydrogens is 177 g/mol. The minimum atomic E-state index is -4.61. The highest BCUT2D eigenvalue weighted by Gasteiger charge is 2.33. The van der Waals surface area contributed by atoms with Crippen molar-refractivity contribution < 1.29 is 23.2 Å². The Bertz CT molecular complexity index is 169. The van der Waals surface area contributed by atoms with Crippen molar-refractivity contribution in [2.45, 2.75) is 19.1 Å². The molecule has 7 heteroatoms. The molecule has 0 spiro atoms. The average molecular weight is 186 g/mol. The van der Waals surface area contributed by atoms with Gasteiger partial charge in [0.05, 0.1) is 6.04 Å². The molecule has 0 radical (unpaired) electrons. The van der Waals surface area contributed by atoms with Gasteiger partial charge in [-0.1, -0.05) is 0 Å². The molecule has 3 N–H and O–H groups in total. The Morgan fingerprint density at radius 3 is 2.33 bits per heavy atom. The molecule has 0 aromatic heterocycles. The molecule has 1 amide bonds. The van der Waals surface area contributed by atoms with Crippen LogP contribution >= 0.6 is 0 Å². The molecule has 0 saturated heterocycles. The predicted octanol–water partition coefficient (Wildman–Crippen LogP) is 0.114. The average Bonchev–Trinajstić information content (AvgIpc) is 1.82. The second-order valence-corrected chi connectivity index (χ2v) is 2.30. The van der Waals surface area contributed by atoms with Gasteiger partial charge in [0.25, 0.3) is 5.91 Å². The molecule has 0 aromatic carbocycles. The van der Waals surface area contributed by atoms with E-state index in [0.717, 1.165) is 0 Å². The normalized spacial score (nSPS) is 14.2. The van der Waals surface area contributed by atoms with E-state index in [4.69, 9.17) is 10.9 Å². The summed E-state index contributed by atoms with van der Waals surface area (Å²) in [4.78, 5) is 10.6. The topological polar surface area (TPSA) is 66.6 Å². The summed E-state index contributed by atoms with van der Waals surface area (Å²) in [5, 5.41) is 8.07. The number of carbonyl (C=O) groups is 1. The van der Waals surface area contributed by atoms with Crippen LogP contribution in [0.3, 0.4) is 0 Å². The molecule has 0 fully saturated rings. The first-order chi connectivity index (χ1) is 5.24. The molecule has 0 aliphatic heterocycles. The van der Waals surface area contributed by atoms with E-state index >= 15 is 0 Å². The molecule has 0 bridgehead atoms. The zero-order valence-electron chi connectivity index (χ0n) is 6.30. The Hall–Kier alpha value is -0.820. The number of amides is 1. The van der Waals surface area contributed by atoms with Gasteiger partial charge in [-0.2, -0.15) is 13.2 Å². The number of hydrogen-bond donors (Lipinski definition) is 2. The van der Waals surface area contributed by atoms with E-state index in [2.05, 4.69) is 0 Å². The molecule has 0 aliphatic carbocycles. The van der Waals surface area contributed by atoms with Gasteiger partial charge in [-0.25, -0.2) is 5.06 Å². The zero-order chi connectivity index (χ0) is 9.94. The molecule has 1 atom stereocenters. The third-order valence-electron chi connectivity index (χ3n) is 0.973. The van der Waals surface area contributed by atoms with Gasteiger partial charge in [-0.05, 0) is 6.92 Å². The molecule has 1 unspecified atom stereocenters. The standard InChI is InChI=1S/C5H9F3N2O2/c1-3(9)4(11)10(12)2-5(6,7)8/h3,12H,2,9H2,1H3. The van der Waals surface area contributed by atoms with Crippen LogP contribution in [0.2, 0.25) is 0 Å². The van der Waals surface area contributed by atoms with Crippen molar-refractivity contribution in [3.05, 3.63) is 0 Å². The highest BCUT2D eigenvalue weighted by molar-refractivity contribution is 5.80. The van der Waals surface area contributed by atoms with Crippen LogP contribution in [0.4, 0.5) is 13.2 Å². The maximum Gasteiger partial charge on any atom is 0.408 e. The number of halogens is 3. The van der Waals surface area contributed by atoms with Crippen LogP contribution in [0.5, 0.6) is 0 Å². The molecule has 0 heterocycles. The van der Waals surface area contributed by atoms with Gasteiger partial charge in [0.1, 0.15) is 6.54 Å². The second-order valence-electron chi connectivity index (χ2n) is 2.30. The van der Waals surface area contributed by atoms with E-state index in [1.165, 1.54) is 6.92 Å². The van der Waals surface area contributed by atoms with Gasteiger partial charge >= 0.3 is 6.18 Å². The fourth-order valence-electron chi connectivity index (χ4n) is 0.483.